The maximum Gasteiger partial charge on any atom is 0.269 e. The molecule has 1 aliphatic heterocycles. The molecule has 0 aromatic carbocycles. The summed E-state index contributed by atoms with van der Waals surface area (Å²) >= 11 is 0. The Morgan fingerprint density at radius 1 is 1.16 bits per heavy atom. The zero-order valence-electron chi connectivity index (χ0n) is 16.1. The zero-order chi connectivity index (χ0) is 18.0. The van der Waals surface area contributed by atoms with Gasteiger partial charge in [-0.25, -0.2) is 4.98 Å². The average molecular weight is 345 g/mol. The first-order valence-corrected chi connectivity index (χ1v) is 9.55. The molecule has 1 unspecified atom stereocenters. The van der Waals surface area contributed by atoms with Crippen molar-refractivity contribution in [2.75, 3.05) is 38.1 Å². The van der Waals surface area contributed by atoms with E-state index in [-0.39, 0.29) is 5.91 Å². The van der Waals surface area contributed by atoms with Gasteiger partial charge in [0.25, 0.3) is 5.91 Å². The number of piperazine rings is 1. The van der Waals surface area contributed by atoms with Gasteiger partial charge in [0.2, 0.25) is 0 Å². The molecule has 1 aromatic heterocycles. The molecule has 3 rings (SSSR count). The van der Waals surface area contributed by atoms with Gasteiger partial charge in [0.15, 0.2) is 0 Å². The lowest BCUT2D eigenvalue weighted by atomic mass is 9.79. The van der Waals surface area contributed by atoms with E-state index in [4.69, 9.17) is 0 Å². The lowest BCUT2D eigenvalue weighted by Gasteiger charge is -2.39. The summed E-state index contributed by atoms with van der Waals surface area (Å²) in [5.74, 6) is 0.725. The Kier molecular flexibility index (Phi) is 5.32. The lowest BCUT2D eigenvalue weighted by molar-refractivity contribution is 0.0958. The Morgan fingerprint density at radius 3 is 2.40 bits per heavy atom. The average Bonchev–Trinajstić information content (AvgIpc) is 3.12. The van der Waals surface area contributed by atoms with Crippen LogP contribution >= 0.6 is 0 Å². The fourth-order valence-electron chi connectivity index (χ4n) is 4.26. The van der Waals surface area contributed by atoms with Crippen molar-refractivity contribution < 1.29 is 4.79 Å². The fraction of sp³-hybridized carbons (Fsp3) is 0.700. The van der Waals surface area contributed by atoms with E-state index in [9.17, 15) is 4.79 Å². The zero-order valence-corrected chi connectivity index (χ0v) is 16.1. The molecule has 1 amide bonds. The summed E-state index contributed by atoms with van der Waals surface area (Å²) in [6.07, 6.45) is 5.90. The van der Waals surface area contributed by atoms with Gasteiger partial charge in [0.1, 0.15) is 5.69 Å². The van der Waals surface area contributed by atoms with Crippen LogP contribution in [0, 0.1) is 11.3 Å². The standard InChI is InChI=1S/C20H32N4O/c1-20(2,3)15-5-6-16(13-15)23-9-11-24(12-10-23)17-7-8-18(22-14-17)19(25)21-4/h7-8,14-16H,5-6,9-13H2,1-4H3,(H,21,25)/t15?,16-/m1/s1. The molecule has 0 spiro atoms. The van der Waals surface area contributed by atoms with Gasteiger partial charge in [-0.05, 0) is 42.7 Å². The van der Waals surface area contributed by atoms with Gasteiger partial charge in [-0.2, -0.15) is 0 Å². The van der Waals surface area contributed by atoms with E-state index < -0.39 is 0 Å². The summed E-state index contributed by atoms with van der Waals surface area (Å²) in [4.78, 5) is 21.0. The second-order valence-electron chi connectivity index (χ2n) is 8.53. The monoisotopic (exact) mass is 344 g/mol. The third-order valence-electron chi connectivity index (χ3n) is 6.03. The molecule has 1 N–H and O–H groups in total. The van der Waals surface area contributed by atoms with Crippen molar-refractivity contribution in [3.05, 3.63) is 24.0 Å². The summed E-state index contributed by atoms with van der Waals surface area (Å²) < 4.78 is 0. The highest BCUT2D eigenvalue weighted by molar-refractivity contribution is 5.92. The molecular weight excluding hydrogens is 312 g/mol. The van der Waals surface area contributed by atoms with Crippen LogP contribution in [0.15, 0.2) is 18.3 Å². The summed E-state index contributed by atoms with van der Waals surface area (Å²) in [6, 6.07) is 4.59. The topological polar surface area (TPSA) is 48.5 Å². The molecule has 1 saturated carbocycles. The van der Waals surface area contributed by atoms with Crippen LogP contribution in [0.4, 0.5) is 5.69 Å². The number of aromatic nitrogens is 1. The number of rotatable bonds is 3. The molecule has 1 aliphatic carbocycles. The molecule has 138 valence electrons. The second-order valence-corrected chi connectivity index (χ2v) is 8.53. The van der Waals surface area contributed by atoms with Crippen molar-refractivity contribution in [2.45, 2.75) is 46.1 Å². The van der Waals surface area contributed by atoms with E-state index >= 15 is 0 Å². The van der Waals surface area contributed by atoms with Crippen molar-refractivity contribution in [1.29, 1.82) is 0 Å². The summed E-state index contributed by atoms with van der Waals surface area (Å²) in [5, 5.41) is 2.61. The number of hydrogen-bond acceptors (Lipinski definition) is 4. The molecule has 2 fully saturated rings. The Hall–Kier alpha value is -1.62. The maximum atomic E-state index is 11.6. The number of nitrogens with zero attached hydrogens (tertiary/aromatic N) is 3. The Labute approximate surface area is 151 Å². The number of amides is 1. The van der Waals surface area contributed by atoms with Crippen LogP contribution in [0.3, 0.4) is 0 Å². The van der Waals surface area contributed by atoms with E-state index in [0.717, 1.165) is 43.8 Å². The van der Waals surface area contributed by atoms with E-state index in [1.54, 1.807) is 7.05 Å². The lowest BCUT2D eigenvalue weighted by Crippen LogP contribution is -2.50. The quantitative estimate of drug-likeness (QED) is 0.916. The normalized spacial score (nSPS) is 25.2. The number of anilines is 1. The minimum Gasteiger partial charge on any atom is -0.368 e. The van der Waals surface area contributed by atoms with Crippen molar-refractivity contribution in [1.82, 2.24) is 15.2 Å². The van der Waals surface area contributed by atoms with Gasteiger partial charge >= 0.3 is 0 Å². The minimum atomic E-state index is -0.133. The van der Waals surface area contributed by atoms with Crippen molar-refractivity contribution in [3.8, 4) is 0 Å². The van der Waals surface area contributed by atoms with Gasteiger partial charge in [-0.1, -0.05) is 20.8 Å². The highest BCUT2D eigenvalue weighted by Crippen LogP contribution is 2.41. The van der Waals surface area contributed by atoms with Crippen molar-refractivity contribution in [2.24, 2.45) is 11.3 Å². The number of carbonyl (C=O) groups is 1. The Bertz CT molecular complexity index is 585. The fourth-order valence-corrected chi connectivity index (χ4v) is 4.26. The van der Waals surface area contributed by atoms with Gasteiger partial charge in [-0.15, -0.1) is 0 Å². The molecule has 0 radical (unpaired) electrons. The molecule has 2 aliphatic rings. The van der Waals surface area contributed by atoms with Crippen molar-refractivity contribution in [3.63, 3.8) is 0 Å². The highest BCUT2D eigenvalue weighted by atomic mass is 16.1. The predicted octanol–water partition coefficient (Wildman–Crippen LogP) is 2.78. The Morgan fingerprint density at radius 2 is 1.88 bits per heavy atom. The van der Waals surface area contributed by atoms with Gasteiger partial charge in [0.05, 0.1) is 11.9 Å². The SMILES string of the molecule is CNC(=O)c1ccc(N2CCN([C@@H]3CCC(C(C)(C)C)C3)CC2)cn1. The molecule has 25 heavy (non-hydrogen) atoms. The summed E-state index contributed by atoms with van der Waals surface area (Å²) in [6.45, 7) is 11.5. The number of carbonyl (C=O) groups excluding carboxylic acids is 1. The van der Waals surface area contributed by atoms with Gasteiger partial charge in [0, 0.05) is 39.3 Å². The van der Waals surface area contributed by atoms with E-state index in [2.05, 4.69) is 40.9 Å². The molecule has 5 nitrogen and oxygen atoms in total. The molecule has 2 heterocycles. The van der Waals surface area contributed by atoms with E-state index in [1.807, 2.05) is 18.3 Å². The smallest absolute Gasteiger partial charge is 0.269 e. The highest BCUT2D eigenvalue weighted by Gasteiger charge is 2.36. The van der Waals surface area contributed by atoms with E-state index in [1.165, 1.54) is 19.3 Å². The third-order valence-corrected chi connectivity index (χ3v) is 6.03. The van der Waals surface area contributed by atoms with Crippen LogP contribution in [-0.4, -0.2) is 55.1 Å². The summed E-state index contributed by atoms with van der Waals surface area (Å²) in [7, 11) is 1.63. The molecule has 0 bridgehead atoms. The van der Waals surface area contributed by atoms with Crippen molar-refractivity contribution >= 4 is 11.6 Å². The first kappa shape index (κ1) is 18.2. The minimum absolute atomic E-state index is 0.133. The van der Waals surface area contributed by atoms with Gasteiger partial charge < -0.3 is 10.2 Å². The van der Waals surface area contributed by atoms with E-state index in [0.29, 0.717) is 11.1 Å². The number of hydrogen-bond donors (Lipinski definition) is 1. The van der Waals surface area contributed by atoms with Crippen LogP contribution in [0.1, 0.15) is 50.5 Å². The van der Waals surface area contributed by atoms with Crippen LogP contribution < -0.4 is 10.2 Å². The molecule has 1 saturated heterocycles. The maximum absolute atomic E-state index is 11.6. The number of pyridine rings is 1. The molecule has 2 atom stereocenters. The third kappa shape index (κ3) is 4.14. The number of nitrogens with one attached hydrogen (secondary N) is 1. The predicted molar refractivity (Wildman–Crippen MR) is 102 cm³/mol. The van der Waals surface area contributed by atoms with Crippen LogP contribution in [-0.2, 0) is 0 Å². The van der Waals surface area contributed by atoms with Crippen LogP contribution in [0.2, 0.25) is 0 Å². The molecule has 5 heteroatoms. The Balaban J connectivity index is 1.53. The van der Waals surface area contributed by atoms with Crippen LogP contribution in [0.5, 0.6) is 0 Å². The van der Waals surface area contributed by atoms with Crippen LogP contribution in [0.25, 0.3) is 0 Å². The van der Waals surface area contributed by atoms with Gasteiger partial charge in [-0.3, -0.25) is 9.69 Å². The summed E-state index contributed by atoms with van der Waals surface area (Å²) in [5.41, 5.74) is 2.03. The molecular formula is C20H32N4O. The molecule has 1 aromatic rings. The second kappa shape index (κ2) is 7.32. The largest absolute Gasteiger partial charge is 0.368 e. The first-order valence-electron chi connectivity index (χ1n) is 9.55. The first-order chi connectivity index (χ1) is 11.9.